The van der Waals surface area contributed by atoms with Crippen LogP contribution in [0.25, 0.3) is 0 Å². The molecule has 1 aliphatic heterocycles. The average Bonchev–Trinajstić information content (AvgIpc) is 2.62. The lowest BCUT2D eigenvalue weighted by Crippen LogP contribution is -2.49. The predicted octanol–water partition coefficient (Wildman–Crippen LogP) is 4.62. The minimum absolute atomic E-state index is 0. The van der Waals surface area contributed by atoms with Crippen molar-refractivity contribution in [3.05, 3.63) is 65.7 Å². The summed E-state index contributed by atoms with van der Waals surface area (Å²) in [4.78, 5) is 1.47. The van der Waals surface area contributed by atoms with Gasteiger partial charge in [0, 0.05) is 31.7 Å². The summed E-state index contributed by atoms with van der Waals surface area (Å²) in [5.41, 5.74) is 1.09. The first kappa shape index (κ1) is 23.6. The van der Waals surface area contributed by atoms with E-state index in [0.717, 1.165) is 5.56 Å². The summed E-state index contributed by atoms with van der Waals surface area (Å²) in [7, 11) is 0. The standard InChI is InChI=1S/C19H21F3N2O.2ClH/c20-19(21,22)18(24-12-10-23-11-13-24)16-8-4-5-9-17(16)25-14-15-6-2-1-3-7-15;;/h1-9,18,23H,10-14H2;2*1H/t18-;;/m1../s1. The summed E-state index contributed by atoms with van der Waals surface area (Å²) in [6, 6.07) is 14.2. The molecule has 0 unspecified atom stereocenters. The van der Waals surface area contributed by atoms with Crippen LogP contribution in [0.5, 0.6) is 5.75 Å². The maximum atomic E-state index is 13.8. The minimum atomic E-state index is -4.36. The van der Waals surface area contributed by atoms with Crippen molar-refractivity contribution < 1.29 is 17.9 Å². The number of nitrogens with one attached hydrogen (secondary N) is 1. The van der Waals surface area contributed by atoms with Crippen molar-refractivity contribution in [2.75, 3.05) is 26.2 Å². The van der Waals surface area contributed by atoms with E-state index in [4.69, 9.17) is 4.74 Å². The van der Waals surface area contributed by atoms with Crippen LogP contribution in [0.3, 0.4) is 0 Å². The van der Waals surface area contributed by atoms with E-state index in [1.54, 1.807) is 18.2 Å². The van der Waals surface area contributed by atoms with Crippen LogP contribution in [0.1, 0.15) is 17.2 Å². The van der Waals surface area contributed by atoms with Crippen LogP contribution in [-0.4, -0.2) is 37.3 Å². The number of piperazine rings is 1. The van der Waals surface area contributed by atoms with E-state index in [2.05, 4.69) is 5.32 Å². The summed E-state index contributed by atoms with van der Waals surface area (Å²) in [5.74, 6) is 0.284. The van der Waals surface area contributed by atoms with Crippen molar-refractivity contribution in [1.29, 1.82) is 0 Å². The van der Waals surface area contributed by atoms with Crippen molar-refractivity contribution >= 4 is 24.8 Å². The quantitative estimate of drug-likeness (QED) is 0.760. The third-order valence-corrected chi connectivity index (χ3v) is 4.28. The molecule has 8 heteroatoms. The van der Waals surface area contributed by atoms with Gasteiger partial charge in [-0.15, -0.1) is 24.8 Å². The third-order valence-electron chi connectivity index (χ3n) is 4.28. The second-order valence-electron chi connectivity index (χ2n) is 6.04. The first-order chi connectivity index (χ1) is 12.1. The summed E-state index contributed by atoms with van der Waals surface area (Å²) in [5, 5.41) is 3.09. The van der Waals surface area contributed by atoms with Gasteiger partial charge in [-0.3, -0.25) is 4.90 Å². The van der Waals surface area contributed by atoms with E-state index < -0.39 is 12.2 Å². The highest BCUT2D eigenvalue weighted by Crippen LogP contribution is 2.41. The average molecular weight is 423 g/mol. The Balaban J connectivity index is 0.00000182. The van der Waals surface area contributed by atoms with Gasteiger partial charge in [-0.2, -0.15) is 13.2 Å². The molecule has 3 nitrogen and oxygen atoms in total. The first-order valence-electron chi connectivity index (χ1n) is 8.33. The van der Waals surface area contributed by atoms with Gasteiger partial charge in [0.2, 0.25) is 0 Å². The molecule has 1 aliphatic rings. The number of alkyl halides is 3. The lowest BCUT2D eigenvalue weighted by atomic mass is 10.0. The monoisotopic (exact) mass is 422 g/mol. The number of hydrogen-bond donors (Lipinski definition) is 1. The Bertz CT molecular complexity index is 680. The molecule has 1 fully saturated rings. The first-order valence-corrected chi connectivity index (χ1v) is 8.33. The van der Waals surface area contributed by atoms with Gasteiger partial charge in [-0.05, 0) is 11.6 Å². The van der Waals surface area contributed by atoms with Crippen molar-refractivity contribution in [3.8, 4) is 5.75 Å². The smallest absolute Gasteiger partial charge is 0.408 e. The van der Waals surface area contributed by atoms with E-state index in [-0.39, 0.29) is 42.7 Å². The van der Waals surface area contributed by atoms with Gasteiger partial charge >= 0.3 is 6.18 Å². The Morgan fingerprint density at radius 1 is 0.926 bits per heavy atom. The lowest BCUT2D eigenvalue weighted by Gasteiger charge is -2.36. The number of para-hydroxylation sites is 1. The molecule has 2 aromatic carbocycles. The number of benzene rings is 2. The van der Waals surface area contributed by atoms with E-state index in [1.165, 1.54) is 11.0 Å². The van der Waals surface area contributed by atoms with Crippen LogP contribution in [0, 0.1) is 0 Å². The van der Waals surface area contributed by atoms with Crippen LogP contribution in [0.2, 0.25) is 0 Å². The Kier molecular flexibility index (Phi) is 9.39. The van der Waals surface area contributed by atoms with Crippen LogP contribution in [-0.2, 0) is 6.61 Å². The van der Waals surface area contributed by atoms with Crippen molar-refractivity contribution in [3.63, 3.8) is 0 Å². The maximum Gasteiger partial charge on any atom is 0.408 e. The van der Waals surface area contributed by atoms with Gasteiger partial charge in [-0.25, -0.2) is 0 Å². The van der Waals surface area contributed by atoms with E-state index in [0.29, 0.717) is 26.2 Å². The van der Waals surface area contributed by atoms with E-state index in [1.807, 2.05) is 30.3 Å². The van der Waals surface area contributed by atoms with Gasteiger partial charge in [0.05, 0.1) is 0 Å². The van der Waals surface area contributed by atoms with Gasteiger partial charge in [0.15, 0.2) is 0 Å². The van der Waals surface area contributed by atoms with Gasteiger partial charge in [-0.1, -0.05) is 48.5 Å². The molecule has 3 rings (SSSR count). The molecule has 27 heavy (non-hydrogen) atoms. The topological polar surface area (TPSA) is 24.5 Å². The molecule has 0 amide bonds. The number of rotatable bonds is 5. The third kappa shape index (κ3) is 6.28. The van der Waals surface area contributed by atoms with E-state index >= 15 is 0 Å². The molecule has 1 saturated heterocycles. The molecule has 150 valence electrons. The zero-order valence-corrected chi connectivity index (χ0v) is 16.2. The fourth-order valence-corrected chi connectivity index (χ4v) is 3.09. The Labute approximate surface area is 169 Å². The zero-order valence-electron chi connectivity index (χ0n) is 14.6. The van der Waals surface area contributed by atoms with E-state index in [9.17, 15) is 13.2 Å². The van der Waals surface area contributed by atoms with Crippen molar-refractivity contribution in [1.82, 2.24) is 10.2 Å². The zero-order chi connectivity index (χ0) is 17.7. The van der Waals surface area contributed by atoms with Crippen LogP contribution >= 0.6 is 24.8 Å². The molecule has 1 N–H and O–H groups in total. The number of ether oxygens (including phenoxy) is 1. The molecular formula is C19H23Cl2F3N2O. The molecule has 0 aromatic heterocycles. The van der Waals surface area contributed by atoms with Gasteiger partial charge in [0.25, 0.3) is 0 Å². The summed E-state index contributed by atoms with van der Waals surface area (Å²) in [6.45, 7) is 2.07. The highest BCUT2D eigenvalue weighted by atomic mass is 35.5. The van der Waals surface area contributed by atoms with Crippen LogP contribution in [0.4, 0.5) is 13.2 Å². The Morgan fingerprint density at radius 3 is 2.15 bits per heavy atom. The molecule has 0 radical (unpaired) electrons. The van der Waals surface area contributed by atoms with Crippen LogP contribution in [0.15, 0.2) is 54.6 Å². The molecule has 2 aromatic rings. The highest BCUT2D eigenvalue weighted by molar-refractivity contribution is 5.85. The minimum Gasteiger partial charge on any atom is -0.489 e. The normalized spacial score (nSPS) is 16.0. The fraction of sp³-hybridized carbons (Fsp3) is 0.368. The molecule has 0 bridgehead atoms. The van der Waals surface area contributed by atoms with Gasteiger partial charge in [0.1, 0.15) is 18.4 Å². The van der Waals surface area contributed by atoms with Gasteiger partial charge < -0.3 is 10.1 Å². The molecule has 1 atom stereocenters. The second-order valence-corrected chi connectivity index (χ2v) is 6.04. The second kappa shape index (κ2) is 10.8. The SMILES string of the molecule is Cl.Cl.FC(F)(F)[C@@H](c1ccccc1OCc1ccccc1)N1CCNCC1. The molecule has 1 heterocycles. The number of halogens is 5. The van der Waals surface area contributed by atoms with Crippen molar-refractivity contribution in [2.24, 2.45) is 0 Å². The molecule has 0 saturated carbocycles. The molecular weight excluding hydrogens is 400 g/mol. The van der Waals surface area contributed by atoms with Crippen molar-refractivity contribution in [2.45, 2.75) is 18.8 Å². The Hall–Kier alpha value is -1.47. The molecule has 0 spiro atoms. The Morgan fingerprint density at radius 2 is 1.52 bits per heavy atom. The number of nitrogens with zero attached hydrogens (tertiary/aromatic N) is 1. The predicted molar refractivity (Wildman–Crippen MR) is 105 cm³/mol. The van der Waals surface area contributed by atoms with Crippen LogP contribution < -0.4 is 10.1 Å². The summed E-state index contributed by atoms with van der Waals surface area (Å²) >= 11 is 0. The fourth-order valence-electron chi connectivity index (χ4n) is 3.09. The summed E-state index contributed by atoms with van der Waals surface area (Å²) < 4.78 is 47.2. The summed E-state index contributed by atoms with van der Waals surface area (Å²) in [6.07, 6.45) is -4.36. The highest BCUT2D eigenvalue weighted by Gasteiger charge is 2.46. The largest absolute Gasteiger partial charge is 0.489 e. The maximum absolute atomic E-state index is 13.8. The molecule has 0 aliphatic carbocycles. The lowest BCUT2D eigenvalue weighted by molar-refractivity contribution is -0.188. The number of hydrogen-bond acceptors (Lipinski definition) is 3.